The van der Waals surface area contributed by atoms with E-state index in [9.17, 15) is 22.7 Å². The highest BCUT2D eigenvalue weighted by atomic mass is 19.4. The predicted octanol–water partition coefficient (Wildman–Crippen LogP) is 3.05. The van der Waals surface area contributed by atoms with Crippen molar-refractivity contribution < 1.29 is 22.7 Å². The lowest BCUT2D eigenvalue weighted by molar-refractivity contribution is -0.140. The molecule has 2 nitrogen and oxygen atoms in total. The Morgan fingerprint density at radius 2 is 2.00 bits per heavy atom. The van der Waals surface area contributed by atoms with Crippen molar-refractivity contribution in [1.82, 2.24) is 5.32 Å². The van der Waals surface area contributed by atoms with Crippen LogP contribution in [0.5, 0.6) is 0 Å². The van der Waals surface area contributed by atoms with E-state index in [1.54, 1.807) is 0 Å². The van der Waals surface area contributed by atoms with E-state index >= 15 is 0 Å². The number of nitrogens with one attached hydrogen (secondary N) is 1. The van der Waals surface area contributed by atoms with Crippen molar-refractivity contribution >= 4 is 0 Å². The topological polar surface area (TPSA) is 32.3 Å². The zero-order valence-electron chi connectivity index (χ0n) is 11.1. The van der Waals surface area contributed by atoms with Gasteiger partial charge < -0.3 is 10.4 Å². The summed E-state index contributed by atoms with van der Waals surface area (Å²) in [6.07, 6.45) is -3.19. The van der Waals surface area contributed by atoms with Gasteiger partial charge in [0.25, 0.3) is 0 Å². The smallest absolute Gasteiger partial charge is 0.385 e. The number of hydrogen-bond donors (Lipinski definition) is 2. The van der Waals surface area contributed by atoms with Crippen LogP contribution in [0.15, 0.2) is 18.2 Å². The molecule has 1 aliphatic rings. The number of benzene rings is 1. The molecule has 1 heterocycles. The molecule has 0 aromatic heterocycles. The maximum Gasteiger partial charge on any atom is 0.419 e. The minimum atomic E-state index is -4.76. The van der Waals surface area contributed by atoms with Gasteiger partial charge in [0.15, 0.2) is 0 Å². The first-order valence-corrected chi connectivity index (χ1v) is 6.53. The Hall–Kier alpha value is -1.14. The van der Waals surface area contributed by atoms with Crippen LogP contribution in [0.4, 0.5) is 17.6 Å². The quantitative estimate of drug-likeness (QED) is 0.821. The molecule has 0 radical (unpaired) electrons. The first-order valence-electron chi connectivity index (χ1n) is 6.53. The van der Waals surface area contributed by atoms with Crippen LogP contribution in [0.25, 0.3) is 0 Å². The largest absolute Gasteiger partial charge is 0.419 e. The summed E-state index contributed by atoms with van der Waals surface area (Å²) in [4.78, 5) is 0. The molecule has 2 atom stereocenters. The Morgan fingerprint density at radius 1 is 1.30 bits per heavy atom. The van der Waals surface area contributed by atoms with Crippen molar-refractivity contribution in [2.24, 2.45) is 5.92 Å². The van der Waals surface area contributed by atoms with Gasteiger partial charge in [-0.1, -0.05) is 6.07 Å². The fourth-order valence-electron chi connectivity index (χ4n) is 2.62. The van der Waals surface area contributed by atoms with Crippen LogP contribution in [0.1, 0.15) is 30.9 Å². The molecule has 0 saturated carbocycles. The predicted molar refractivity (Wildman–Crippen MR) is 66.6 cm³/mol. The Bertz CT molecular complexity index is 479. The molecule has 1 saturated heterocycles. The van der Waals surface area contributed by atoms with E-state index in [-0.39, 0.29) is 11.5 Å². The highest BCUT2D eigenvalue weighted by molar-refractivity contribution is 5.31. The normalized spacial score (nSPS) is 23.4. The molecular weight excluding hydrogens is 274 g/mol. The van der Waals surface area contributed by atoms with Gasteiger partial charge in [0, 0.05) is 12.5 Å². The zero-order chi connectivity index (χ0) is 15.0. The Kier molecular flexibility index (Phi) is 4.07. The summed E-state index contributed by atoms with van der Waals surface area (Å²) in [5.41, 5.74) is -2.65. The second kappa shape index (κ2) is 5.33. The fourth-order valence-corrected chi connectivity index (χ4v) is 2.62. The van der Waals surface area contributed by atoms with Crippen LogP contribution < -0.4 is 5.32 Å². The van der Waals surface area contributed by atoms with Gasteiger partial charge in [-0.15, -0.1) is 0 Å². The van der Waals surface area contributed by atoms with Crippen LogP contribution in [0, 0.1) is 11.7 Å². The minimum Gasteiger partial charge on any atom is -0.385 e. The van der Waals surface area contributed by atoms with E-state index in [0.29, 0.717) is 12.6 Å². The molecule has 112 valence electrons. The molecule has 2 rings (SSSR count). The molecule has 0 amide bonds. The van der Waals surface area contributed by atoms with Gasteiger partial charge in [0.1, 0.15) is 5.82 Å². The average molecular weight is 291 g/mol. The van der Waals surface area contributed by atoms with Gasteiger partial charge in [-0.05, 0) is 44.0 Å². The first kappa shape index (κ1) is 15.3. The molecule has 0 spiro atoms. The van der Waals surface area contributed by atoms with Crippen molar-refractivity contribution in [1.29, 1.82) is 0 Å². The SMILES string of the molecule is CC(O)(c1ccc(F)c(C(F)(F)F)c1)C1CCCNC1. The summed E-state index contributed by atoms with van der Waals surface area (Å²) in [6.45, 7) is 2.85. The number of hydrogen-bond acceptors (Lipinski definition) is 2. The van der Waals surface area contributed by atoms with Crippen LogP contribution in [0.3, 0.4) is 0 Å². The molecule has 1 fully saturated rings. The van der Waals surface area contributed by atoms with Gasteiger partial charge in [0.05, 0.1) is 11.2 Å². The summed E-state index contributed by atoms with van der Waals surface area (Å²) in [6, 6.07) is 2.70. The van der Waals surface area contributed by atoms with E-state index < -0.39 is 23.2 Å². The Labute approximate surface area is 114 Å². The lowest BCUT2D eigenvalue weighted by Gasteiger charge is -2.36. The number of alkyl halides is 3. The molecule has 20 heavy (non-hydrogen) atoms. The highest BCUT2D eigenvalue weighted by Gasteiger charge is 2.39. The third kappa shape index (κ3) is 2.96. The van der Waals surface area contributed by atoms with Crippen LogP contribution in [-0.2, 0) is 11.8 Å². The van der Waals surface area contributed by atoms with Gasteiger partial charge >= 0.3 is 6.18 Å². The first-order chi connectivity index (χ1) is 9.23. The molecule has 6 heteroatoms. The molecule has 0 aliphatic carbocycles. The number of aliphatic hydroxyl groups is 1. The van der Waals surface area contributed by atoms with Gasteiger partial charge in [0.2, 0.25) is 0 Å². The van der Waals surface area contributed by atoms with Gasteiger partial charge in [-0.2, -0.15) is 13.2 Å². The summed E-state index contributed by atoms with van der Waals surface area (Å²) in [7, 11) is 0. The monoisotopic (exact) mass is 291 g/mol. The molecule has 0 bridgehead atoms. The third-order valence-corrected chi connectivity index (χ3v) is 3.95. The van der Waals surface area contributed by atoms with Crippen molar-refractivity contribution in [3.05, 3.63) is 35.1 Å². The lowest BCUT2D eigenvalue weighted by atomic mass is 9.78. The standard InChI is InChI=1S/C14H17F4NO/c1-13(20,10-3-2-6-19-8-10)9-4-5-12(15)11(7-9)14(16,17)18/h4-5,7,10,19-20H,2-3,6,8H2,1H3. The highest BCUT2D eigenvalue weighted by Crippen LogP contribution is 2.38. The average Bonchev–Trinajstić information content (AvgIpc) is 2.38. The van der Waals surface area contributed by atoms with Gasteiger partial charge in [-0.25, -0.2) is 4.39 Å². The summed E-state index contributed by atoms with van der Waals surface area (Å²) >= 11 is 0. The fraction of sp³-hybridized carbons (Fsp3) is 0.571. The van der Waals surface area contributed by atoms with Crippen LogP contribution >= 0.6 is 0 Å². The van der Waals surface area contributed by atoms with E-state index in [1.165, 1.54) is 13.0 Å². The molecule has 2 N–H and O–H groups in total. The molecular formula is C14H17F4NO. The van der Waals surface area contributed by atoms with Gasteiger partial charge in [-0.3, -0.25) is 0 Å². The second-order valence-electron chi connectivity index (χ2n) is 5.38. The van der Waals surface area contributed by atoms with E-state index in [0.717, 1.165) is 25.5 Å². The van der Waals surface area contributed by atoms with Crippen molar-refractivity contribution in [3.63, 3.8) is 0 Å². The summed E-state index contributed by atoms with van der Waals surface area (Å²) in [5, 5.41) is 13.7. The number of halogens is 4. The Morgan fingerprint density at radius 3 is 2.55 bits per heavy atom. The minimum absolute atomic E-state index is 0.0972. The maximum atomic E-state index is 13.3. The lowest BCUT2D eigenvalue weighted by Crippen LogP contribution is -2.42. The Balaban J connectivity index is 2.36. The van der Waals surface area contributed by atoms with E-state index in [4.69, 9.17) is 0 Å². The molecule has 2 unspecified atom stereocenters. The molecule has 1 aromatic rings. The van der Waals surface area contributed by atoms with Crippen molar-refractivity contribution in [2.75, 3.05) is 13.1 Å². The van der Waals surface area contributed by atoms with E-state index in [1.807, 2.05) is 0 Å². The van der Waals surface area contributed by atoms with Crippen LogP contribution in [0.2, 0.25) is 0 Å². The maximum absolute atomic E-state index is 13.3. The number of rotatable bonds is 2. The third-order valence-electron chi connectivity index (χ3n) is 3.95. The van der Waals surface area contributed by atoms with Crippen molar-refractivity contribution in [2.45, 2.75) is 31.5 Å². The second-order valence-corrected chi connectivity index (χ2v) is 5.38. The van der Waals surface area contributed by atoms with E-state index in [2.05, 4.69) is 5.32 Å². The molecule has 1 aliphatic heterocycles. The number of piperidine rings is 1. The van der Waals surface area contributed by atoms with Crippen LogP contribution in [-0.4, -0.2) is 18.2 Å². The molecule has 1 aromatic carbocycles. The van der Waals surface area contributed by atoms with Crippen molar-refractivity contribution in [3.8, 4) is 0 Å². The summed E-state index contributed by atoms with van der Waals surface area (Å²) in [5.74, 6) is -1.51. The summed E-state index contributed by atoms with van der Waals surface area (Å²) < 4.78 is 51.5. The zero-order valence-corrected chi connectivity index (χ0v) is 11.1.